The maximum atomic E-state index is 11.2. The second kappa shape index (κ2) is 4.94. The lowest BCUT2D eigenvalue weighted by molar-refractivity contribution is 0.0594. The second-order valence-electron chi connectivity index (χ2n) is 4.09. The monoisotopic (exact) mass is 224 g/mol. The molecule has 0 radical (unpaired) electrons. The third-order valence-electron chi connectivity index (χ3n) is 1.88. The van der Waals surface area contributed by atoms with Crippen LogP contribution in [0.5, 0.6) is 0 Å². The van der Waals surface area contributed by atoms with Crippen molar-refractivity contribution in [3.05, 3.63) is 24.0 Å². The van der Waals surface area contributed by atoms with Crippen LogP contribution in [0, 0.1) is 0 Å². The molecule has 0 unspecified atom stereocenters. The van der Waals surface area contributed by atoms with E-state index in [1.54, 1.807) is 26.0 Å². The van der Waals surface area contributed by atoms with Crippen molar-refractivity contribution in [1.29, 1.82) is 0 Å². The Labute approximate surface area is 94.5 Å². The average molecular weight is 224 g/mol. The van der Waals surface area contributed by atoms with E-state index >= 15 is 0 Å². The van der Waals surface area contributed by atoms with Gasteiger partial charge in [-0.3, -0.25) is 0 Å². The first-order valence-electron chi connectivity index (χ1n) is 4.93. The number of carbonyl (C=O) groups excluding carboxylic acids is 1. The summed E-state index contributed by atoms with van der Waals surface area (Å²) in [5.41, 5.74) is 0.148. The molecule has 0 aliphatic heterocycles. The zero-order chi connectivity index (χ0) is 12.2. The van der Waals surface area contributed by atoms with Crippen LogP contribution in [0.2, 0.25) is 0 Å². The first-order chi connectivity index (χ1) is 7.42. The highest BCUT2D eigenvalue weighted by Gasteiger charge is 2.12. The maximum absolute atomic E-state index is 11.2. The van der Waals surface area contributed by atoms with E-state index in [2.05, 4.69) is 15.0 Å². The molecule has 1 aromatic heterocycles. The number of ether oxygens (including phenoxy) is 1. The topological polar surface area (TPSA) is 71.5 Å². The normalized spacial score (nSPS) is 11.0. The Morgan fingerprint density at radius 1 is 1.62 bits per heavy atom. The van der Waals surface area contributed by atoms with Gasteiger partial charge in [0.05, 0.1) is 12.7 Å². The first kappa shape index (κ1) is 12.4. The fourth-order valence-electron chi connectivity index (χ4n) is 1.08. The van der Waals surface area contributed by atoms with Gasteiger partial charge in [0.2, 0.25) is 0 Å². The van der Waals surface area contributed by atoms with Gasteiger partial charge >= 0.3 is 5.97 Å². The predicted molar refractivity (Wildman–Crippen MR) is 60.4 cm³/mol. The van der Waals surface area contributed by atoms with Crippen LogP contribution < -0.4 is 5.32 Å². The number of methoxy groups -OCH3 is 1. The molecule has 0 spiro atoms. The Kier molecular flexibility index (Phi) is 3.84. The second-order valence-corrected chi connectivity index (χ2v) is 4.09. The molecule has 0 aliphatic carbocycles. The van der Waals surface area contributed by atoms with Gasteiger partial charge in [-0.05, 0) is 26.0 Å². The van der Waals surface area contributed by atoms with Gasteiger partial charge in [0, 0.05) is 18.4 Å². The lowest BCUT2D eigenvalue weighted by Gasteiger charge is -2.18. The SMILES string of the molecule is COC(=O)c1cc(NCC(C)(C)O)ccn1. The van der Waals surface area contributed by atoms with Gasteiger partial charge in [-0.1, -0.05) is 0 Å². The summed E-state index contributed by atoms with van der Waals surface area (Å²) >= 11 is 0. The molecule has 1 rings (SSSR count). The number of carbonyl (C=O) groups is 1. The van der Waals surface area contributed by atoms with Gasteiger partial charge in [-0.2, -0.15) is 0 Å². The number of nitrogens with zero attached hydrogens (tertiary/aromatic N) is 1. The number of esters is 1. The van der Waals surface area contributed by atoms with Gasteiger partial charge in [0.25, 0.3) is 0 Å². The summed E-state index contributed by atoms with van der Waals surface area (Å²) in [6, 6.07) is 3.30. The number of rotatable bonds is 4. The van der Waals surface area contributed by atoms with Crippen molar-refractivity contribution in [2.24, 2.45) is 0 Å². The highest BCUT2D eigenvalue weighted by atomic mass is 16.5. The molecule has 1 heterocycles. The summed E-state index contributed by atoms with van der Waals surface area (Å²) in [6.45, 7) is 3.78. The van der Waals surface area contributed by atoms with Crippen LogP contribution in [0.15, 0.2) is 18.3 Å². The van der Waals surface area contributed by atoms with E-state index in [1.807, 2.05) is 0 Å². The predicted octanol–water partition coefficient (Wildman–Crippen LogP) is 1.05. The van der Waals surface area contributed by atoms with Crippen molar-refractivity contribution in [1.82, 2.24) is 4.98 Å². The first-order valence-corrected chi connectivity index (χ1v) is 4.93. The van der Waals surface area contributed by atoms with E-state index in [0.717, 1.165) is 5.69 Å². The minimum atomic E-state index is -0.811. The molecule has 5 nitrogen and oxygen atoms in total. The lowest BCUT2D eigenvalue weighted by Crippen LogP contribution is -2.29. The third-order valence-corrected chi connectivity index (χ3v) is 1.88. The highest BCUT2D eigenvalue weighted by molar-refractivity contribution is 5.88. The van der Waals surface area contributed by atoms with Crippen molar-refractivity contribution in [3.63, 3.8) is 0 Å². The number of nitrogens with one attached hydrogen (secondary N) is 1. The molecule has 16 heavy (non-hydrogen) atoms. The fraction of sp³-hybridized carbons (Fsp3) is 0.455. The Bertz CT molecular complexity index is 372. The van der Waals surface area contributed by atoms with E-state index < -0.39 is 11.6 Å². The molecule has 0 fully saturated rings. The molecule has 0 saturated heterocycles. The number of pyridine rings is 1. The van der Waals surface area contributed by atoms with E-state index in [-0.39, 0.29) is 5.69 Å². The number of aliphatic hydroxyl groups is 1. The van der Waals surface area contributed by atoms with Crippen molar-refractivity contribution >= 4 is 11.7 Å². The summed E-state index contributed by atoms with van der Waals surface area (Å²) in [7, 11) is 1.31. The molecule has 1 aromatic rings. The smallest absolute Gasteiger partial charge is 0.356 e. The molecule has 0 amide bonds. The van der Waals surface area contributed by atoms with Gasteiger partial charge in [-0.25, -0.2) is 9.78 Å². The van der Waals surface area contributed by atoms with Crippen molar-refractivity contribution in [2.45, 2.75) is 19.4 Å². The van der Waals surface area contributed by atoms with Crippen LogP contribution in [-0.4, -0.2) is 35.3 Å². The van der Waals surface area contributed by atoms with Crippen LogP contribution in [0.4, 0.5) is 5.69 Å². The molecule has 88 valence electrons. The Morgan fingerprint density at radius 2 is 2.31 bits per heavy atom. The standard InChI is InChI=1S/C11H16N2O3/c1-11(2,15)7-13-8-4-5-12-9(6-8)10(14)16-3/h4-6,15H,7H2,1-3H3,(H,12,13). The minimum Gasteiger partial charge on any atom is -0.464 e. The quantitative estimate of drug-likeness (QED) is 0.748. The molecule has 5 heteroatoms. The molecule has 0 aromatic carbocycles. The fourth-order valence-corrected chi connectivity index (χ4v) is 1.08. The van der Waals surface area contributed by atoms with E-state index in [4.69, 9.17) is 0 Å². The minimum absolute atomic E-state index is 0.239. The molecule has 0 aliphatic rings. The Morgan fingerprint density at radius 3 is 2.88 bits per heavy atom. The number of anilines is 1. The van der Waals surface area contributed by atoms with Crippen LogP contribution in [0.25, 0.3) is 0 Å². The van der Waals surface area contributed by atoms with E-state index in [9.17, 15) is 9.90 Å². The number of hydrogen-bond donors (Lipinski definition) is 2. The molecular weight excluding hydrogens is 208 g/mol. The number of hydrogen-bond acceptors (Lipinski definition) is 5. The van der Waals surface area contributed by atoms with Gasteiger partial charge in [0.15, 0.2) is 0 Å². The zero-order valence-electron chi connectivity index (χ0n) is 9.65. The molecular formula is C11H16N2O3. The van der Waals surface area contributed by atoms with Crippen LogP contribution >= 0.6 is 0 Å². The van der Waals surface area contributed by atoms with Crippen molar-refractivity contribution in [2.75, 3.05) is 19.0 Å². The van der Waals surface area contributed by atoms with Crippen LogP contribution in [0.3, 0.4) is 0 Å². The summed E-state index contributed by atoms with van der Waals surface area (Å²) in [4.78, 5) is 15.1. The van der Waals surface area contributed by atoms with E-state index in [1.165, 1.54) is 13.3 Å². The third kappa shape index (κ3) is 3.86. The summed E-state index contributed by atoms with van der Waals surface area (Å²) in [5, 5.41) is 12.5. The van der Waals surface area contributed by atoms with Crippen molar-refractivity contribution < 1.29 is 14.6 Å². The Balaban J connectivity index is 2.71. The van der Waals surface area contributed by atoms with Crippen LogP contribution in [0.1, 0.15) is 24.3 Å². The maximum Gasteiger partial charge on any atom is 0.356 e. The average Bonchev–Trinajstić information content (AvgIpc) is 2.25. The van der Waals surface area contributed by atoms with E-state index in [0.29, 0.717) is 6.54 Å². The lowest BCUT2D eigenvalue weighted by atomic mass is 10.1. The summed E-state index contributed by atoms with van der Waals surface area (Å²) in [6.07, 6.45) is 1.51. The van der Waals surface area contributed by atoms with Gasteiger partial charge in [-0.15, -0.1) is 0 Å². The van der Waals surface area contributed by atoms with Crippen molar-refractivity contribution in [3.8, 4) is 0 Å². The largest absolute Gasteiger partial charge is 0.464 e. The Hall–Kier alpha value is -1.62. The zero-order valence-corrected chi connectivity index (χ0v) is 9.65. The van der Waals surface area contributed by atoms with Gasteiger partial charge < -0.3 is 15.2 Å². The molecule has 0 atom stereocenters. The van der Waals surface area contributed by atoms with Gasteiger partial charge in [0.1, 0.15) is 5.69 Å². The summed E-state index contributed by atoms with van der Waals surface area (Å²) < 4.78 is 4.56. The highest BCUT2D eigenvalue weighted by Crippen LogP contribution is 2.10. The van der Waals surface area contributed by atoms with Crippen LogP contribution in [-0.2, 0) is 4.74 Å². The molecule has 0 saturated carbocycles. The number of aromatic nitrogens is 1. The summed E-state index contributed by atoms with van der Waals surface area (Å²) in [5.74, 6) is -0.480. The molecule has 0 bridgehead atoms. The molecule has 2 N–H and O–H groups in total.